The van der Waals surface area contributed by atoms with Crippen LogP contribution in [0.5, 0.6) is 5.75 Å². The van der Waals surface area contributed by atoms with Crippen LogP contribution < -0.4 is 10.1 Å². The number of aromatic nitrogens is 4. The summed E-state index contributed by atoms with van der Waals surface area (Å²) in [6, 6.07) is 7.76. The number of halogens is 1. The van der Waals surface area contributed by atoms with Crippen molar-refractivity contribution in [1.82, 2.24) is 20.6 Å². The summed E-state index contributed by atoms with van der Waals surface area (Å²) in [5.41, 5.74) is 1.05. The summed E-state index contributed by atoms with van der Waals surface area (Å²) in [6.07, 6.45) is 1.53. The topological polar surface area (TPSA) is 99.5 Å². The van der Waals surface area contributed by atoms with Crippen molar-refractivity contribution in [3.05, 3.63) is 33.8 Å². The molecule has 0 saturated heterocycles. The number of anilines is 1. The maximum absolute atomic E-state index is 9.09. The maximum Gasteiger partial charge on any atom is 0.216 e. The van der Waals surface area contributed by atoms with Gasteiger partial charge in [0.25, 0.3) is 0 Å². The summed E-state index contributed by atoms with van der Waals surface area (Å²) >= 11 is 2.21. The molecule has 0 fully saturated rings. The number of tetrazole rings is 1. The third kappa shape index (κ3) is 3.45. The van der Waals surface area contributed by atoms with Crippen LogP contribution >= 0.6 is 22.6 Å². The number of benzene rings is 1. The Kier molecular flexibility index (Phi) is 4.89. The molecular weight excluding hydrogens is 371 g/mol. The molecule has 1 heterocycles. The second-order valence-corrected chi connectivity index (χ2v) is 4.87. The van der Waals surface area contributed by atoms with Gasteiger partial charge in [0.05, 0.1) is 12.3 Å². The van der Waals surface area contributed by atoms with Crippen LogP contribution in [0.25, 0.3) is 5.57 Å². The number of hydrogen-bond donors (Lipinski definition) is 2. The molecule has 0 bridgehead atoms. The Labute approximate surface area is 129 Å². The number of aromatic amines is 1. The van der Waals surface area contributed by atoms with Crippen LogP contribution in [0.3, 0.4) is 0 Å². The van der Waals surface area contributed by atoms with Gasteiger partial charge in [-0.3, -0.25) is 0 Å². The van der Waals surface area contributed by atoms with Gasteiger partial charge in [-0.05, 0) is 52.9 Å². The normalized spacial score (nSPS) is 10.9. The van der Waals surface area contributed by atoms with E-state index in [1.165, 1.54) is 6.20 Å². The smallest absolute Gasteiger partial charge is 0.216 e. The summed E-state index contributed by atoms with van der Waals surface area (Å²) in [5, 5.41) is 25.4. The van der Waals surface area contributed by atoms with E-state index in [4.69, 9.17) is 10.00 Å². The predicted octanol–water partition coefficient (Wildman–Crippen LogP) is 2.18. The molecule has 0 atom stereocenters. The zero-order valence-corrected chi connectivity index (χ0v) is 12.7. The van der Waals surface area contributed by atoms with Crippen LogP contribution in [-0.4, -0.2) is 27.2 Å². The molecule has 20 heavy (non-hydrogen) atoms. The van der Waals surface area contributed by atoms with Crippen molar-refractivity contribution >= 4 is 33.9 Å². The Balaban J connectivity index is 2.25. The van der Waals surface area contributed by atoms with Crippen molar-refractivity contribution in [2.24, 2.45) is 0 Å². The van der Waals surface area contributed by atoms with E-state index < -0.39 is 0 Å². The minimum Gasteiger partial charge on any atom is -0.492 e. The first-order valence-electron chi connectivity index (χ1n) is 5.77. The van der Waals surface area contributed by atoms with E-state index in [1.54, 1.807) is 0 Å². The Bertz CT molecular complexity index is 646. The summed E-state index contributed by atoms with van der Waals surface area (Å²) in [7, 11) is 0. The second kappa shape index (κ2) is 6.85. The first-order valence-corrected chi connectivity index (χ1v) is 6.85. The summed E-state index contributed by atoms with van der Waals surface area (Å²) < 4.78 is 6.58. The molecule has 0 spiro atoms. The molecule has 8 heteroatoms. The van der Waals surface area contributed by atoms with Gasteiger partial charge >= 0.3 is 0 Å². The lowest BCUT2D eigenvalue weighted by molar-refractivity contribution is 0.342. The van der Waals surface area contributed by atoms with Crippen LogP contribution in [0.15, 0.2) is 24.4 Å². The van der Waals surface area contributed by atoms with E-state index >= 15 is 0 Å². The highest BCUT2D eigenvalue weighted by atomic mass is 127. The highest BCUT2D eigenvalue weighted by Crippen LogP contribution is 2.27. The fourth-order valence-electron chi connectivity index (χ4n) is 1.47. The first-order chi connectivity index (χ1) is 9.74. The van der Waals surface area contributed by atoms with Crippen molar-refractivity contribution in [2.45, 2.75) is 6.92 Å². The SMILES string of the molecule is CCOc1ccc(I)cc1NC=C(C#N)c1nn[nH]n1. The van der Waals surface area contributed by atoms with Crippen molar-refractivity contribution in [2.75, 3.05) is 11.9 Å². The molecule has 0 aliphatic rings. The van der Waals surface area contributed by atoms with Gasteiger partial charge in [-0.15, -0.1) is 10.2 Å². The number of H-pyrrole nitrogens is 1. The molecule has 1 aromatic heterocycles. The number of ether oxygens (including phenoxy) is 1. The van der Waals surface area contributed by atoms with Gasteiger partial charge in [-0.1, -0.05) is 0 Å². The quantitative estimate of drug-likeness (QED) is 0.608. The van der Waals surface area contributed by atoms with Gasteiger partial charge in [0, 0.05) is 9.77 Å². The van der Waals surface area contributed by atoms with Crippen LogP contribution in [0, 0.1) is 14.9 Å². The van der Waals surface area contributed by atoms with Gasteiger partial charge in [-0.25, -0.2) is 0 Å². The highest BCUT2D eigenvalue weighted by molar-refractivity contribution is 14.1. The first kappa shape index (κ1) is 14.3. The molecule has 7 nitrogen and oxygen atoms in total. The highest BCUT2D eigenvalue weighted by Gasteiger charge is 2.07. The average Bonchev–Trinajstić information content (AvgIpc) is 2.96. The number of hydrogen-bond acceptors (Lipinski definition) is 6. The van der Waals surface area contributed by atoms with Crippen molar-refractivity contribution in [3.8, 4) is 11.8 Å². The number of nitrogens with one attached hydrogen (secondary N) is 2. The Hall–Kier alpha value is -2.15. The Morgan fingerprint density at radius 3 is 3.10 bits per heavy atom. The van der Waals surface area contributed by atoms with Crippen LogP contribution in [0.2, 0.25) is 0 Å². The molecule has 0 radical (unpaired) electrons. The van der Waals surface area contributed by atoms with E-state index in [0.717, 1.165) is 15.0 Å². The molecule has 0 amide bonds. The third-order valence-corrected chi connectivity index (χ3v) is 2.99. The second-order valence-electron chi connectivity index (χ2n) is 3.62. The monoisotopic (exact) mass is 382 g/mol. The Morgan fingerprint density at radius 1 is 1.60 bits per heavy atom. The average molecular weight is 382 g/mol. The van der Waals surface area contributed by atoms with Gasteiger partial charge in [-0.2, -0.15) is 10.5 Å². The van der Waals surface area contributed by atoms with Crippen molar-refractivity contribution < 1.29 is 4.74 Å². The minimum absolute atomic E-state index is 0.239. The number of rotatable bonds is 5. The molecule has 102 valence electrons. The maximum atomic E-state index is 9.09. The zero-order chi connectivity index (χ0) is 14.4. The molecule has 0 saturated carbocycles. The molecule has 0 unspecified atom stereocenters. The molecule has 0 aliphatic heterocycles. The largest absolute Gasteiger partial charge is 0.492 e. The van der Waals surface area contributed by atoms with E-state index in [1.807, 2.05) is 31.2 Å². The number of allylic oxidation sites excluding steroid dienone is 1. The van der Waals surface area contributed by atoms with E-state index in [0.29, 0.717) is 6.61 Å². The Morgan fingerprint density at radius 2 is 2.45 bits per heavy atom. The zero-order valence-electron chi connectivity index (χ0n) is 10.6. The van der Waals surface area contributed by atoms with Crippen molar-refractivity contribution in [3.63, 3.8) is 0 Å². The van der Waals surface area contributed by atoms with Gasteiger partial charge in [0.2, 0.25) is 5.82 Å². The van der Waals surface area contributed by atoms with E-state index in [2.05, 4.69) is 48.5 Å². The molecule has 2 aromatic rings. The molecular formula is C12H11IN6O. The van der Waals surface area contributed by atoms with Gasteiger partial charge < -0.3 is 10.1 Å². The summed E-state index contributed by atoms with van der Waals surface area (Å²) in [5.74, 6) is 0.957. The summed E-state index contributed by atoms with van der Waals surface area (Å²) in [4.78, 5) is 0. The number of nitriles is 1. The molecule has 1 aromatic carbocycles. The fourth-order valence-corrected chi connectivity index (χ4v) is 1.96. The number of nitrogens with zero attached hydrogens (tertiary/aromatic N) is 4. The standard InChI is InChI=1S/C12H11IN6O/c1-2-20-11-4-3-9(13)5-10(11)15-7-8(6-14)12-16-18-19-17-12/h3-5,7,15H,2H2,1H3,(H,16,17,18,19). The third-order valence-electron chi connectivity index (χ3n) is 2.32. The molecule has 2 N–H and O–H groups in total. The predicted molar refractivity (Wildman–Crippen MR) is 81.7 cm³/mol. The lowest BCUT2D eigenvalue weighted by atomic mass is 10.2. The van der Waals surface area contributed by atoms with Gasteiger partial charge in [0.15, 0.2) is 0 Å². The van der Waals surface area contributed by atoms with E-state index in [-0.39, 0.29) is 11.4 Å². The fraction of sp³-hybridized carbons (Fsp3) is 0.167. The van der Waals surface area contributed by atoms with Gasteiger partial charge in [0.1, 0.15) is 17.4 Å². The van der Waals surface area contributed by atoms with Crippen molar-refractivity contribution in [1.29, 1.82) is 5.26 Å². The minimum atomic E-state index is 0.239. The summed E-state index contributed by atoms with van der Waals surface area (Å²) in [6.45, 7) is 2.48. The van der Waals surface area contributed by atoms with Crippen LogP contribution in [0.4, 0.5) is 5.69 Å². The van der Waals surface area contributed by atoms with E-state index in [9.17, 15) is 0 Å². The molecule has 0 aliphatic carbocycles. The van der Waals surface area contributed by atoms with Crippen LogP contribution in [0.1, 0.15) is 12.7 Å². The lowest BCUT2D eigenvalue weighted by Crippen LogP contribution is -1.99. The lowest BCUT2D eigenvalue weighted by Gasteiger charge is -2.10. The molecule has 2 rings (SSSR count). The van der Waals surface area contributed by atoms with Crippen LogP contribution in [-0.2, 0) is 0 Å².